The number of carbonyl (C=O) groups excluding carboxylic acids is 2. The number of rotatable bonds is 11. The molecule has 0 saturated heterocycles. The lowest BCUT2D eigenvalue weighted by Gasteiger charge is -2.13. The normalized spacial score (nSPS) is 11.4. The first kappa shape index (κ1) is 25.8. The quantitative estimate of drug-likeness (QED) is 0.144. The van der Waals surface area contributed by atoms with Crippen molar-refractivity contribution in [1.82, 2.24) is 0 Å². The Kier molecular flexibility index (Phi) is 9.25. The SMILES string of the molecule is CCCCOc1ccc(NC(=O)C(C)Sc2cccc(NC(=O)c3cccc([N+](=O)[O-])c3)c2)cc1. The number of hydrogen-bond donors (Lipinski definition) is 2. The van der Waals surface area contributed by atoms with Crippen LogP contribution in [0.25, 0.3) is 0 Å². The number of nitro benzene ring substituents is 1. The Morgan fingerprint density at radius 1 is 1.00 bits per heavy atom. The molecule has 182 valence electrons. The standard InChI is InChI=1S/C26H27N3O5S/c1-3-4-15-34-23-13-11-20(12-14-23)27-25(30)18(2)35-24-10-6-8-21(17-24)28-26(31)19-7-5-9-22(16-19)29(32)33/h5-14,16-18H,3-4,15H2,1-2H3,(H,27,30)(H,28,31). The number of amides is 2. The van der Waals surface area contributed by atoms with Gasteiger partial charge in [-0.2, -0.15) is 0 Å². The average Bonchev–Trinajstić information content (AvgIpc) is 2.85. The molecule has 3 aromatic rings. The van der Waals surface area contributed by atoms with Gasteiger partial charge in [-0.05, 0) is 61.9 Å². The van der Waals surface area contributed by atoms with Crippen LogP contribution in [0.4, 0.5) is 17.1 Å². The maximum Gasteiger partial charge on any atom is 0.270 e. The number of benzene rings is 3. The third kappa shape index (κ3) is 7.86. The zero-order valence-corrected chi connectivity index (χ0v) is 20.3. The first-order valence-corrected chi connectivity index (χ1v) is 12.1. The van der Waals surface area contributed by atoms with Crippen LogP contribution in [0.1, 0.15) is 37.0 Å². The summed E-state index contributed by atoms with van der Waals surface area (Å²) in [6, 6.07) is 19.9. The van der Waals surface area contributed by atoms with Crippen LogP contribution in [0.3, 0.4) is 0 Å². The number of nitrogens with one attached hydrogen (secondary N) is 2. The van der Waals surface area contributed by atoms with Gasteiger partial charge in [-0.25, -0.2) is 0 Å². The minimum Gasteiger partial charge on any atom is -0.494 e. The number of unbranched alkanes of at least 4 members (excludes halogenated alkanes) is 1. The number of ether oxygens (including phenoxy) is 1. The van der Waals surface area contributed by atoms with Crippen molar-refractivity contribution in [3.8, 4) is 5.75 Å². The highest BCUT2D eigenvalue weighted by Gasteiger charge is 2.16. The van der Waals surface area contributed by atoms with E-state index in [4.69, 9.17) is 4.74 Å². The van der Waals surface area contributed by atoms with Crippen molar-refractivity contribution in [3.63, 3.8) is 0 Å². The summed E-state index contributed by atoms with van der Waals surface area (Å²) in [4.78, 5) is 36.4. The van der Waals surface area contributed by atoms with Gasteiger partial charge in [0.05, 0.1) is 16.8 Å². The first-order valence-electron chi connectivity index (χ1n) is 11.2. The average molecular weight is 494 g/mol. The Bertz CT molecular complexity index is 1180. The van der Waals surface area contributed by atoms with Crippen LogP contribution < -0.4 is 15.4 Å². The first-order chi connectivity index (χ1) is 16.9. The molecule has 8 nitrogen and oxygen atoms in total. The molecular formula is C26H27N3O5S. The molecule has 0 aliphatic heterocycles. The van der Waals surface area contributed by atoms with Crippen molar-refractivity contribution in [2.24, 2.45) is 0 Å². The molecule has 0 fully saturated rings. The number of hydrogen-bond acceptors (Lipinski definition) is 6. The van der Waals surface area contributed by atoms with Crippen molar-refractivity contribution in [2.75, 3.05) is 17.2 Å². The summed E-state index contributed by atoms with van der Waals surface area (Å²) in [7, 11) is 0. The van der Waals surface area contributed by atoms with Gasteiger partial charge in [-0.15, -0.1) is 11.8 Å². The summed E-state index contributed by atoms with van der Waals surface area (Å²) in [5.74, 6) is 0.160. The minimum absolute atomic E-state index is 0.152. The Morgan fingerprint density at radius 2 is 1.74 bits per heavy atom. The van der Waals surface area contributed by atoms with Crippen molar-refractivity contribution in [1.29, 1.82) is 0 Å². The van der Waals surface area contributed by atoms with Gasteiger partial charge >= 0.3 is 0 Å². The summed E-state index contributed by atoms with van der Waals surface area (Å²) in [5, 5.41) is 16.2. The highest BCUT2D eigenvalue weighted by atomic mass is 32.2. The van der Waals surface area contributed by atoms with Crippen LogP contribution in [0.2, 0.25) is 0 Å². The van der Waals surface area contributed by atoms with E-state index in [1.807, 2.05) is 18.2 Å². The molecule has 3 rings (SSSR count). The number of thioether (sulfide) groups is 1. The summed E-state index contributed by atoms with van der Waals surface area (Å²) in [5.41, 5.74) is 1.24. The van der Waals surface area contributed by atoms with E-state index in [0.717, 1.165) is 23.5 Å². The number of carbonyl (C=O) groups is 2. The minimum atomic E-state index is -0.545. The zero-order valence-electron chi connectivity index (χ0n) is 19.5. The molecule has 2 N–H and O–H groups in total. The maximum atomic E-state index is 12.7. The van der Waals surface area contributed by atoms with Gasteiger partial charge in [0.25, 0.3) is 11.6 Å². The van der Waals surface area contributed by atoms with Gasteiger partial charge in [-0.1, -0.05) is 25.5 Å². The zero-order chi connectivity index (χ0) is 25.2. The second kappa shape index (κ2) is 12.6. The van der Waals surface area contributed by atoms with Crippen LogP contribution in [0.5, 0.6) is 5.75 Å². The predicted octanol–water partition coefficient (Wildman–Crippen LogP) is 6.15. The van der Waals surface area contributed by atoms with Crippen molar-refractivity contribution in [2.45, 2.75) is 36.8 Å². The fourth-order valence-electron chi connectivity index (χ4n) is 3.08. The molecule has 0 aromatic heterocycles. The smallest absolute Gasteiger partial charge is 0.270 e. The highest BCUT2D eigenvalue weighted by Crippen LogP contribution is 2.27. The number of non-ortho nitro benzene ring substituents is 1. The second-order valence-corrected chi connectivity index (χ2v) is 9.18. The van der Waals surface area contributed by atoms with Gasteiger partial charge < -0.3 is 15.4 Å². The van der Waals surface area contributed by atoms with E-state index in [9.17, 15) is 19.7 Å². The molecular weight excluding hydrogens is 466 g/mol. The lowest BCUT2D eigenvalue weighted by atomic mass is 10.2. The van der Waals surface area contributed by atoms with Crippen LogP contribution in [-0.4, -0.2) is 28.6 Å². The molecule has 0 heterocycles. The third-order valence-electron chi connectivity index (χ3n) is 4.98. The number of anilines is 2. The molecule has 0 bridgehead atoms. The third-order valence-corrected chi connectivity index (χ3v) is 6.08. The predicted molar refractivity (Wildman–Crippen MR) is 138 cm³/mol. The van der Waals surface area contributed by atoms with Gasteiger partial charge in [0.1, 0.15) is 5.75 Å². The number of nitro groups is 1. The molecule has 0 aliphatic rings. The van der Waals surface area contributed by atoms with E-state index >= 15 is 0 Å². The Balaban J connectivity index is 1.56. The monoisotopic (exact) mass is 493 g/mol. The second-order valence-electron chi connectivity index (χ2n) is 7.77. The number of nitrogens with zero attached hydrogens (tertiary/aromatic N) is 1. The van der Waals surface area contributed by atoms with E-state index < -0.39 is 16.1 Å². The fraction of sp³-hybridized carbons (Fsp3) is 0.231. The van der Waals surface area contributed by atoms with E-state index in [1.165, 1.54) is 36.0 Å². The molecule has 0 saturated carbocycles. The van der Waals surface area contributed by atoms with E-state index in [1.54, 1.807) is 37.3 Å². The van der Waals surface area contributed by atoms with Crippen LogP contribution >= 0.6 is 11.8 Å². The summed E-state index contributed by atoms with van der Waals surface area (Å²) in [6.07, 6.45) is 2.06. The maximum absolute atomic E-state index is 12.7. The van der Waals surface area contributed by atoms with Crippen LogP contribution in [0, 0.1) is 10.1 Å². The fourth-order valence-corrected chi connectivity index (χ4v) is 4.01. The lowest BCUT2D eigenvalue weighted by molar-refractivity contribution is -0.384. The van der Waals surface area contributed by atoms with E-state index in [0.29, 0.717) is 18.0 Å². The molecule has 0 spiro atoms. The van der Waals surface area contributed by atoms with E-state index in [2.05, 4.69) is 17.6 Å². The Morgan fingerprint density at radius 3 is 2.46 bits per heavy atom. The Labute approximate surface area is 208 Å². The Hall–Kier alpha value is -3.85. The largest absolute Gasteiger partial charge is 0.494 e. The van der Waals surface area contributed by atoms with Crippen molar-refractivity contribution >= 4 is 40.6 Å². The van der Waals surface area contributed by atoms with Gasteiger partial charge in [-0.3, -0.25) is 19.7 Å². The van der Waals surface area contributed by atoms with Gasteiger partial charge in [0, 0.05) is 34.0 Å². The van der Waals surface area contributed by atoms with Crippen molar-refractivity contribution < 1.29 is 19.2 Å². The van der Waals surface area contributed by atoms with Crippen molar-refractivity contribution in [3.05, 3.63) is 88.5 Å². The highest BCUT2D eigenvalue weighted by molar-refractivity contribution is 8.00. The molecule has 2 amide bonds. The molecule has 1 unspecified atom stereocenters. The molecule has 3 aromatic carbocycles. The van der Waals surface area contributed by atoms with Gasteiger partial charge in [0.15, 0.2) is 0 Å². The van der Waals surface area contributed by atoms with Crippen LogP contribution in [0.15, 0.2) is 77.7 Å². The molecule has 1 atom stereocenters. The summed E-state index contributed by atoms with van der Waals surface area (Å²) in [6.45, 7) is 4.57. The summed E-state index contributed by atoms with van der Waals surface area (Å²) >= 11 is 1.35. The molecule has 35 heavy (non-hydrogen) atoms. The topological polar surface area (TPSA) is 111 Å². The van der Waals surface area contributed by atoms with E-state index in [-0.39, 0.29) is 17.2 Å². The van der Waals surface area contributed by atoms with Gasteiger partial charge in [0.2, 0.25) is 5.91 Å². The molecule has 0 aliphatic carbocycles. The van der Waals surface area contributed by atoms with Crippen LogP contribution in [-0.2, 0) is 4.79 Å². The lowest BCUT2D eigenvalue weighted by Crippen LogP contribution is -2.22. The molecule has 9 heteroatoms. The summed E-state index contributed by atoms with van der Waals surface area (Å²) < 4.78 is 5.64. The molecule has 0 radical (unpaired) electrons.